The fourth-order valence-corrected chi connectivity index (χ4v) is 1.84. The van der Waals surface area contributed by atoms with Crippen molar-refractivity contribution in [3.05, 3.63) is 30.2 Å². The van der Waals surface area contributed by atoms with E-state index in [1.165, 1.54) is 6.21 Å². The molecule has 2 heterocycles. The maximum atomic E-state index is 11.6. The van der Waals surface area contributed by atoms with E-state index in [2.05, 4.69) is 21.1 Å². The van der Waals surface area contributed by atoms with Gasteiger partial charge < -0.3 is 4.42 Å². The molecular formula is C14H16N4O3. The van der Waals surface area contributed by atoms with E-state index in [4.69, 9.17) is 4.42 Å². The lowest BCUT2D eigenvalue weighted by molar-refractivity contribution is -0.123. The van der Waals surface area contributed by atoms with Gasteiger partial charge in [-0.2, -0.15) is 10.2 Å². The molecule has 2 N–H and O–H groups in total. The van der Waals surface area contributed by atoms with Crippen LogP contribution >= 0.6 is 0 Å². The highest BCUT2D eigenvalue weighted by molar-refractivity contribution is 6.07. The molecule has 2 rings (SSSR count). The van der Waals surface area contributed by atoms with Crippen LogP contribution in [-0.2, 0) is 9.59 Å². The lowest BCUT2D eigenvalue weighted by atomic mass is 9.99. The normalized spacial score (nSPS) is 18.2. The van der Waals surface area contributed by atoms with Gasteiger partial charge in [0.05, 0.1) is 12.2 Å². The van der Waals surface area contributed by atoms with Crippen LogP contribution in [0.4, 0.5) is 0 Å². The van der Waals surface area contributed by atoms with Crippen molar-refractivity contribution in [1.29, 1.82) is 0 Å². The number of nitrogens with one attached hydrogen (secondary N) is 2. The minimum atomic E-state index is -0.321. The van der Waals surface area contributed by atoms with Gasteiger partial charge >= 0.3 is 0 Å². The smallest absolute Gasteiger partial charge is 0.248 e. The number of rotatable bonds is 6. The first-order chi connectivity index (χ1) is 10.2. The Morgan fingerprint density at radius 2 is 2.48 bits per heavy atom. The number of amides is 2. The van der Waals surface area contributed by atoms with E-state index >= 15 is 0 Å². The van der Waals surface area contributed by atoms with Gasteiger partial charge in [0.25, 0.3) is 0 Å². The van der Waals surface area contributed by atoms with Crippen LogP contribution < -0.4 is 10.9 Å². The first-order valence-electron chi connectivity index (χ1n) is 6.53. The largest absolute Gasteiger partial charge is 0.465 e. The van der Waals surface area contributed by atoms with Crippen molar-refractivity contribution in [2.75, 3.05) is 0 Å². The first-order valence-corrected chi connectivity index (χ1v) is 6.53. The molecule has 0 radical (unpaired) electrons. The molecule has 2 amide bonds. The second-order valence-corrected chi connectivity index (χ2v) is 4.51. The molecule has 0 bridgehead atoms. The molecule has 1 aromatic rings. The zero-order chi connectivity index (χ0) is 15.1. The summed E-state index contributed by atoms with van der Waals surface area (Å²) in [6.07, 6.45) is 7.03. The van der Waals surface area contributed by atoms with Crippen LogP contribution in [0.2, 0.25) is 0 Å². The number of allylic oxidation sites excluding steroid dienone is 1. The van der Waals surface area contributed by atoms with Gasteiger partial charge in [0, 0.05) is 18.3 Å². The number of hydrogen-bond donors (Lipinski definition) is 2. The lowest BCUT2D eigenvalue weighted by Gasteiger charge is -2.05. The van der Waals surface area contributed by atoms with E-state index < -0.39 is 0 Å². The maximum absolute atomic E-state index is 11.6. The van der Waals surface area contributed by atoms with Crippen molar-refractivity contribution < 1.29 is 14.0 Å². The molecule has 110 valence electrons. The van der Waals surface area contributed by atoms with Crippen LogP contribution in [0, 0.1) is 5.92 Å². The minimum absolute atomic E-state index is 0.162. The second kappa shape index (κ2) is 7.18. The number of carbonyl (C=O) groups is 2. The molecule has 7 heteroatoms. The van der Waals surface area contributed by atoms with Gasteiger partial charge in [-0.3, -0.25) is 9.59 Å². The van der Waals surface area contributed by atoms with Gasteiger partial charge in [0.2, 0.25) is 11.8 Å². The number of nitrogens with zero attached hydrogens (tertiary/aromatic N) is 2. The maximum Gasteiger partial charge on any atom is 0.248 e. The Morgan fingerprint density at radius 1 is 1.62 bits per heavy atom. The summed E-state index contributed by atoms with van der Waals surface area (Å²) in [6, 6.07) is 3.59. The number of carbonyl (C=O) groups excluding carboxylic acids is 2. The molecule has 0 unspecified atom stereocenters. The quantitative estimate of drug-likeness (QED) is 0.610. The molecule has 0 aliphatic carbocycles. The third-order valence-electron chi connectivity index (χ3n) is 2.98. The van der Waals surface area contributed by atoms with E-state index in [1.54, 1.807) is 37.5 Å². The van der Waals surface area contributed by atoms with Crippen molar-refractivity contribution in [3.63, 3.8) is 0 Å². The summed E-state index contributed by atoms with van der Waals surface area (Å²) in [5, 5.41) is 7.60. The molecule has 1 aromatic heterocycles. The van der Waals surface area contributed by atoms with E-state index in [-0.39, 0.29) is 24.2 Å². The van der Waals surface area contributed by atoms with Gasteiger partial charge in [-0.1, -0.05) is 0 Å². The van der Waals surface area contributed by atoms with Gasteiger partial charge in [-0.05, 0) is 37.6 Å². The number of furan rings is 1. The molecule has 7 nitrogen and oxygen atoms in total. The van der Waals surface area contributed by atoms with Crippen molar-refractivity contribution in [3.8, 4) is 0 Å². The summed E-state index contributed by atoms with van der Waals surface area (Å²) in [7, 11) is 0. The molecule has 0 aromatic carbocycles. The third kappa shape index (κ3) is 4.41. The van der Waals surface area contributed by atoms with E-state index in [0.29, 0.717) is 17.9 Å². The summed E-state index contributed by atoms with van der Waals surface area (Å²) in [6.45, 7) is 1.76. The zero-order valence-corrected chi connectivity index (χ0v) is 11.6. The van der Waals surface area contributed by atoms with Crippen LogP contribution in [0.1, 0.15) is 25.5 Å². The average Bonchev–Trinajstić information content (AvgIpc) is 3.08. The van der Waals surface area contributed by atoms with Crippen LogP contribution in [0.15, 0.2) is 39.1 Å². The Hall–Kier alpha value is -2.70. The van der Waals surface area contributed by atoms with Gasteiger partial charge in [-0.15, -0.1) is 0 Å². The van der Waals surface area contributed by atoms with Crippen molar-refractivity contribution in [2.45, 2.75) is 19.8 Å². The van der Waals surface area contributed by atoms with Crippen LogP contribution in [-0.4, -0.2) is 23.7 Å². The Bertz CT molecular complexity index is 587. The molecule has 0 saturated carbocycles. The van der Waals surface area contributed by atoms with Gasteiger partial charge in [0.15, 0.2) is 0 Å². The van der Waals surface area contributed by atoms with Crippen molar-refractivity contribution in [2.24, 2.45) is 16.1 Å². The summed E-state index contributed by atoms with van der Waals surface area (Å²) < 4.78 is 5.09. The monoisotopic (exact) mass is 288 g/mol. The standard InChI is InChI=1S/C14H16N4O3/c1-10-12(14(20)18-16-10)6-7-13(19)17-15-8-2-4-11-5-3-9-21-11/h2-5,8-9,12H,6-7H2,1H3,(H,17,19)(H,18,20)/b4-2+,15-8?/t12-/m1/s1. The molecule has 0 fully saturated rings. The molecule has 1 aliphatic heterocycles. The van der Waals surface area contributed by atoms with Crippen LogP contribution in [0.5, 0.6) is 0 Å². The molecule has 21 heavy (non-hydrogen) atoms. The van der Waals surface area contributed by atoms with Crippen molar-refractivity contribution in [1.82, 2.24) is 10.9 Å². The van der Waals surface area contributed by atoms with E-state index in [0.717, 1.165) is 0 Å². The third-order valence-corrected chi connectivity index (χ3v) is 2.98. The topological polar surface area (TPSA) is 96.1 Å². The summed E-state index contributed by atoms with van der Waals surface area (Å²) in [5.74, 6) is -0.0244. The Balaban J connectivity index is 1.68. The first kappa shape index (κ1) is 14.7. The molecule has 0 spiro atoms. The summed E-state index contributed by atoms with van der Waals surface area (Å²) in [5.41, 5.74) is 5.49. The average molecular weight is 288 g/mol. The predicted molar refractivity (Wildman–Crippen MR) is 78.4 cm³/mol. The fraction of sp³-hybridized carbons (Fsp3) is 0.286. The summed E-state index contributed by atoms with van der Waals surface area (Å²) >= 11 is 0. The number of hydrazone groups is 2. The van der Waals surface area contributed by atoms with Crippen LogP contribution in [0.3, 0.4) is 0 Å². The lowest BCUT2D eigenvalue weighted by Crippen LogP contribution is -2.25. The fourth-order valence-electron chi connectivity index (χ4n) is 1.84. The molecule has 1 atom stereocenters. The minimum Gasteiger partial charge on any atom is -0.465 e. The van der Waals surface area contributed by atoms with Gasteiger partial charge in [-0.25, -0.2) is 10.9 Å². The second-order valence-electron chi connectivity index (χ2n) is 4.51. The highest BCUT2D eigenvalue weighted by Crippen LogP contribution is 2.13. The Morgan fingerprint density at radius 3 is 3.14 bits per heavy atom. The van der Waals surface area contributed by atoms with E-state index in [9.17, 15) is 9.59 Å². The molecule has 0 saturated heterocycles. The zero-order valence-electron chi connectivity index (χ0n) is 11.6. The summed E-state index contributed by atoms with van der Waals surface area (Å²) in [4.78, 5) is 23.0. The molecule has 1 aliphatic rings. The van der Waals surface area contributed by atoms with Crippen molar-refractivity contribution >= 4 is 29.8 Å². The van der Waals surface area contributed by atoms with E-state index in [1.807, 2.05) is 0 Å². The van der Waals surface area contributed by atoms with Crippen LogP contribution in [0.25, 0.3) is 6.08 Å². The predicted octanol–water partition coefficient (Wildman–Crippen LogP) is 1.30. The highest BCUT2D eigenvalue weighted by Gasteiger charge is 2.26. The highest BCUT2D eigenvalue weighted by atomic mass is 16.3. The Labute approximate surface area is 121 Å². The SMILES string of the molecule is CC1=NNC(=O)[C@@H]1CCC(=O)NN=C/C=C/c1ccco1. The molecular weight excluding hydrogens is 272 g/mol. The van der Waals surface area contributed by atoms with Gasteiger partial charge in [0.1, 0.15) is 5.76 Å². The Kier molecular flexibility index (Phi) is 5.03. The number of hydrogen-bond acceptors (Lipinski definition) is 5.